The van der Waals surface area contributed by atoms with Crippen molar-refractivity contribution in [3.8, 4) is 22.1 Å². The molecule has 0 saturated heterocycles. The normalized spacial score (nSPS) is 10.5. The second kappa shape index (κ2) is 8.57. The molecule has 0 amide bonds. The first kappa shape index (κ1) is 19.4. The van der Waals surface area contributed by atoms with Crippen molar-refractivity contribution in [2.24, 2.45) is 0 Å². The molecule has 0 fully saturated rings. The highest BCUT2D eigenvalue weighted by Gasteiger charge is 2.20. The molecule has 0 atom stereocenters. The van der Waals surface area contributed by atoms with Crippen molar-refractivity contribution in [1.82, 2.24) is 4.98 Å². The van der Waals surface area contributed by atoms with Crippen LogP contribution in [0.5, 0.6) is 11.5 Å². The minimum atomic E-state index is -0.766. The van der Waals surface area contributed by atoms with E-state index >= 15 is 0 Å². The molecule has 3 aromatic rings. The third-order valence-electron chi connectivity index (χ3n) is 3.63. The maximum absolute atomic E-state index is 13.3. The van der Waals surface area contributed by atoms with E-state index < -0.39 is 28.1 Å². The van der Waals surface area contributed by atoms with Gasteiger partial charge in [0.1, 0.15) is 16.6 Å². The van der Waals surface area contributed by atoms with Gasteiger partial charge in [0.05, 0.1) is 23.6 Å². The highest BCUT2D eigenvalue weighted by Crippen LogP contribution is 2.29. The first-order valence-corrected chi connectivity index (χ1v) is 9.16. The van der Waals surface area contributed by atoms with Crippen LogP contribution in [0.1, 0.15) is 12.6 Å². The molecule has 0 saturated carbocycles. The van der Waals surface area contributed by atoms with Crippen LogP contribution in [0.4, 0.5) is 10.1 Å². The Labute approximate surface area is 163 Å². The van der Waals surface area contributed by atoms with Gasteiger partial charge >= 0.3 is 11.7 Å². The van der Waals surface area contributed by atoms with Gasteiger partial charge in [-0.3, -0.25) is 14.9 Å². The Morgan fingerprint density at radius 2 is 2.00 bits per heavy atom. The standard InChI is InChI=1S/C19H15FN2O5S/c1-2-26-15-6-3-12(4-7-15)19-21-14(11-28-19)10-18(23)27-17-9-13(20)5-8-16(17)22(24)25/h3-9,11H,2,10H2,1H3. The number of nitrogens with zero attached hydrogens (tertiary/aromatic N) is 2. The maximum Gasteiger partial charge on any atom is 0.317 e. The fraction of sp³-hybridized carbons (Fsp3) is 0.158. The third kappa shape index (κ3) is 4.68. The molecule has 0 radical (unpaired) electrons. The van der Waals surface area contributed by atoms with Crippen LogP contribution in [-0.2, 0) is 11.2 Å². The number of nitro groups is 1. The van der Waals surface area contributed by atoms with Gasteiger partial charge in [0, 0.05) is 23.1 Å². The summed E-state index contributed by atoms with van der Waals surface area (Å²) in [5.41, 5.74) is 0.842. The van der Waals surface area contributed by atoms with Crippen LogP contribution in [0.15, 0.2) is 47.8 Å². The van der Waals surface area contributed by atoms with Crippen LogP contribution in [0.25, 0.3) is 10.6 Å². The summed E-state index contributed by atoms with van der Waals surface area (Å²) in [4.78, 5) is 26.7. The number of carbonyl (C=O) groups excluding carboxylic acids is 1. The van der Waals surface area contributed by atoms with Gasteiger partial charge in [-0.1, -0.05) is 0 Å². The summed E-state index contributed by atoms with van der Waals surface area (Å²) in [5.74, 6) is -1.18. The van der Waals surface area contributed by atoms with E-state index in [1.165, 1.54) is 11.3 Å². The first-order chi connectivity index (χ1) is 13.5. The molecule has 28 heavy (non-hydrogen) atoms. The van der Waals surface area contributed by atoms with Gasteiger partial charge in [0.2, 0.25) is 5.75 Å². The van der Waals surface area contributed by atoms with Crippen LogP contribution in [0.2, 0.25) is 0 Å². The van der Waals surface area contributed by atoms with Gasteiger partial charge in [-0.15, -0.1) is 11.3 Å². The smallest absolute Gasteiger partial charge is 0.317 e. The summed E-state index contributed by atoms with van der Waals surface area (Å²) < 4.78 is 23.7. The summed E-state index contributed by atoms with van der Waals surface area (Å²) in [6, 6.07) is 10.1. The minimum Gasteiger partial charge on any atom is -0.494 e. The number of rotatable bonds is 7. The Morgan fingerprint density at radius 3 is 2.68 bits per heavy atom. The Bertz CT molecular complexity index is 1000. The molecule has 144 valence electrons. The number of carbonyl (C=O) groups is 1. The molecule has 0 aliphatic carbocycles. The zero-order valence-electron chi connectivity index (χ0n) is 14.8. The van der Waals surface area contributed by atoms with Crippen LogP contribution in [0, 0.1) is 15.9 Å². The molecule has 0 aliphatic heterocycles. The average molecular weight is 402 g/mol. The number of esters is 1. The number of thiazole rings is 1. The fourth-order valence-electron chi connectivity index (χ4n) is 2.41. The molecule has 7 nitrogen and oxygen atoms in total. The summed E-state index contributed by atoms with van der Waals surface area (Å²) in [6.45, 7) is 2.48. The molecule has 0 bridgehead atoms. The number of halogens is 1. The van der Waals surface area contributed by atoms with Gasteiger partial charge in [-0.25, -0.2) is 9.37 Å². The fourth-order valence-corrected chi connectivity index (χ4v) is 3.23. The quantitative estimate of drug-likeness (QED) is 0.252. The van der Waals surface area contributed by atoms with E-state index in [-0.39, 0.29) is 6.42 Å². The lowest BCUT2D eigenvalue weighted by molar-refractivity contribution is -0.385. The van der Waals surface area contributed by atoms with Gasteiger partial charge in [-0.05, 0) is 37.3 Å². The maximum atomic E-state index is 13.3. The summed E-state index contributed by atoms with van der Waals surface area (Å²) in [5, 5.41) is 13.4. The molecular weight excluding hydrogens is 387 g/mol. The van der Waals surface area contributed by atoms with Gasteiger partial charge in [0.25, 0.3) is 0 Å². The van der Waals surface area contributed by atoms with Gasteiger partial charge < -0.3 is 9.47 Å². The van der Waals surface area contributed by atoms with Crippen LogP contribution >= 0.6 is 11.3 Å². The van der Waals surface area contributed by atoms with Crippen LogP contribution in [-0.4, -0.2) is 22.5 Å². The highest BCUT2D eigenvalue weighted by molar-refractivity contribution is 7.13. The van der Waals surface area contributed by atoms with Gasteiger partial charge in [-0.2, -0.15) is 0 Å². The molecule has 0 unspecified atom stereocenters. The van der Waals surface area contributed by atoms with E-state index in [0.717, 1.165) is 29.5 Å². The third-order valence-corrected chi connectivity index (χ3v) is 4.57. The number of hydrogen-bond acceptors (Lipinski definition) is 7. The van der Waals surface area contributed by atoms with E-state index in [9.17, 15) is 19.3 Å². The molecule has 9 heteroatoms. The number of nitro benzene ring substituents is 1. The van der Waals surface area contributed by atoms with Crippen molar-refractivity contribution >= 4 is 23.0 Å². The molecule has 1 aromatic heterocycles. The highest BCUT2D eigenvalue weighted by atomic mass is 32.1. The minimum absolute atomic E-state index is 0.193. The van der Waals surface area contributed by atoms with E-state index in [1.807, 2.05) is 31.2 Å². The predicted octanol–water partition coefficient (Wildman–Crippen LogP) is 4.40. The monoisotopic (exact) mass is 402 g/mol. The van der Waals surface area contributed by atoms with E-state index in [0.29, 0.717) is 17.3 Å². The van der Waals surface area contributed by atoms with Crippen molar-refractivity contribution in [2.45, 2.75) is 13.3 Å². The number of hydrogen-bond donors (Lipinski definition) is 0. The number of benzene rings is 2. The SMILES string of the molecule is CCOc1ccc(-c2nc(CC(=O)Oc3cc(F)ccc3[N+](=O)[O-])cs2)cc1. The molecule has 0 aliphatic rings. The van der Waals surface area contributed by atoms with Crippen LogP contribution in [0.3, 0.4) is 0 Å². The second-order valence-electron chi connectivity index (χ2n) is 5.62. The van der Waals surface area contributed by atoms with Crippen molar-refractivity contribution in [2.75, 3.05) is 6.61 Å². The molecule has 0 N–H and O–H groups in total. The lowest BCUT2D eigenvalue weighted by Crippen LogP contribution is -2.12. The summed E-state index contributed by atoms with van der Waals surface area (Å²) >= 11 is 1.35. The Balaban J connectivity index is 1.69. The summed E-state index contributed by atoms with van der Waals surface area (Å²) in [7, 11) is 0. The second-order valence-corrected chi connectivity index (χ2v) is 6.48. The van der Waals surface area contributed by atoms with Gasteiger partial charge in [0.15, 0.2) is 0 Å². The molecule has 0 spiro atoms. The summed E-state index contributed by atoms with van der Waals surface area (Å²) in [6.07, 6.45) is -0.193. The van der Waals surface area contributed by atoms with Crippen molar-refractivity contribution in [1.29, 1.82) is 0 Å². The van der Waals surface area contributed by atoms with Crippen molar-refractivity contribution < 1.29 is 23.6 Å². The number of aromatic nitrogens is 1. The predicted molar refractivity (Wildman–Crippen MR) is 101 cm³/mol. The van der Waals surface area contributed by atoms with E-state index in [1.54, 1.807) is 5.38 Å². The Hall–Kier alpha value is -3.33. The molecule has 1 heterocycles. The Kier molecular flexibility index (Phi) is 5.95. The first-order valence-electron chi connectivity index (χ1n) is 8.28. The molecular formula is C19H15FN2O5S. The molecule has 2 aromatic carbocycles. The lowest BCUT2D eigenvalue weighted by atomic mass is 10.2. The molecule has 3 rings (SSSR count). The average Bonchev–Trinajstić information content (AvgIpc) is 3.10. The Morgan fingerprint density at radius 1 is 1.25 bits per heavy atom. The topological polar surface area (TPSA) is 91.6 Å². The van der Waals surface area contributed by atoms with Crippen molar-refractivity contribution in [3.63, 3.8) is 0 Å². The zero-order valence-corrected chi connectivity index (χ0v) is 15.6. The number of ether oxygens (including phenoxy) is 2. The lowest BCUT2D eigenvalue weighted by Gasteiger charge is -2.04. The van der Waals surface area contributed by atoms with Crippen molar-refractivity contribution in [3.05, 3.63) is 69.5 Å². The van der Waals surface area contributed by atoms with Crippen LogP contribution < -0.4 is 9.47 Å². The van der Waals surface area contributed by atoms with E-state index in [4.69, 9.17) is 9.47 Å². The zero-order chi connectivity index (χ0) is 20.1. The van der Waals surface area contributed by atoms with E-state index in [2.05, 4.69) is 4.98 Å². The largest absolute Gasteiger partial charge is 0.494 e.